The van der Waals surface area contributed by atoms with Crippen LogP contribution in [0.1, 0.15) is 45.1 Å². The molecule has 2 amide bonds. The van der Waals surface area contributed by atoms with Gasteiger partial charge in [-0.3, -0.25) is 14.3 Å². The Kier molecular flexibility index (Phi) is 5.79. The normalized spacial score (nSPS) is 14.4. The van der Waals surface area contributed by atoms with Crippen LogP contribution in [0, 0.1) is 0 Å². The summed E-state index contributed by atoms with van der Waals surface area (Å²) in [5.41, 5.74) is 2.52. The molecule has 1 aromatic heterocycles. The smallest absolute Gasteiger partial charge is 0.272 e. The predicted molar refractivity (Wildman–Crippen MR) is 116 cm³/mol. The van der Waals surface area contributed by atoms with Gasteiger partial charge in [0.1, 0.15) is 5.69 Å². The van der Waals surface area contributed by atoms with Crippen LogP contribution in [0.2, 0.25) is 10.0 Å². The Hall–Kier alpha value is -2.83. The molecule has 0 fully saturated rings. The molecular weight excluding hydrogens is 423 g/mol. The predicted octanol–water partition coefficient (Wildman–Crippen LogP) is 4.34. The minimum atomic E-state index is -0.308. The van der Waals surface area contributed by atoms with Gasteiger partial charge in [-0.05, 0) is 30.2 Å². The van der Waals surface area contributed by atoms with E-state index in [0.29, 0.717) is 35.4 Å². The highest BCUT2D eigenvalue weighted by molar-refractivity contribution is 6.42. The summed E-state index contributed by atoms with van der Waals surface area (Å²) in [6.45, 7) is 3.33. The number of amides is 2. The summed E-state index contributed by atoms with van der Waals surface area (Å²) in [6, 6.07) is 16.4. The highest BCUT2D eigenvalue weighted by atomic mass is 35.5. The fourth-order valence-corrected chi connectivity index (χ4v) is 3.77. The number of benzene rings is 2. The van der Waals surface area contributed by atoms with Crippen molar-refractivity contribution in [2.45, 2.75) is 26.1 Å². The van der Waals surface area contributed by atoms with Crippen molar-refractivity contribution < 1.29 is 9.59 Å². The average molecular weight is 443 g/mol. The van der Waals surface area contributed by atoms with E-state index in [2.05, 4.69) is 10.4 Å². The third kappa shape index (κ3) is 4.20. The Labute approximate surface area is 184 Å². The maximum absolute atomic E-state index is 12.9. The molecule has 1 atom stereocenters. The monoisotopic (exact) mass is 442 g/mol. The van der Waals surface area contributed by atoms with Crippen molar-refractivity contribution in [2.24, 2.45) is 0 Å². The lowest BCUT2D eigenvalue weighted by Crippen LogP contribution is -2.39. The van der Waals surface area contributed by atoms with Crippen LogP contribution >= 0.6 is 23.2 Å². The topological polar surface area (TPSA) is 67.2 Å². The molecule has 2 aromatic carbocycles. The molecule has 4 rings (SSSR count). The summed E-state index contributed by atoms with van der Waals surface area (Å²) < 4.78 is 1.59. The summed E-state index contributed by atoms with van der Waals surface area (Å²) in [7, 11) is 0. The van der Waals surface area contributed by atoms with Crippen molar-refractivity contribution in [3.05, 3.63) is 87.2 Å². The van der Waals surface area contributed by atoms with E-state index in [4.69, 9.17) is 23.2 Å². The summed E-state index contributed by atoms with van der Waals surface area (Å²) in [5.74, 6) is -0.480. The molecule has 0 spiro atoms. The van der Waals surface area contributed by atoms with Gasteiger partial charge in [0.2, 0.25) is 0 Å². The Morgan fingerprint density at radius 2 is 1.87 bits per heavy atom. The van der Waals surface area contributed by atoms with Crippen LogP contribution in [0.15, 0.2) is 54.6 Å². The van der Waals surface area contributed by atoms with Crippen LogP contribution in [0.3, 0.4) is 0 Å². The van der Waals surface area contributed by atoms with Crippen molar-refractivity contribution in [3.63, 3.8) is 0 Å². The zero-order valence-corrected chi connectivity index (χ0v) is 17.8. The molecule has 0 bridgehead atoms. The number of aromatic nitrogens is 2. The van der Waals surface area contributed by atoms with Gasteiger partial charge in [0.25, 0.3) is 11.8 Å². The van der Waals surface area contributed by atoms with Crippen molar-refractivity contribution in [3.8, 4) is 0 Å². The number of rotatable bonds is 5. The zero-order valence-electron chi connectivity index (χ0n) is 16.3. The molecule has 0 unspecified atom stereocenters. The van der Waals surface area contributed by atoms with Gasteiger partial charge in [-0.15, -0.1) is 0 Å². The van der Waals surface area contributed by atoms with Crippen molar-refractivity contribution in [2.75, 3.05) is 6.54 Å². The molecule has 1 aliphatic rings. The van der Waals surface area contributed by atoms with E-state index in [1.165, 1.54) is 0 Å². The van der Waals surface area contributed by atoms with Gasteiger partial charge >= 0.3 is 0 Å². The molecule has 154 valence electrons. The number of carbonyl (C=O) groups excluding carboxylic acids is 2. The van der Waals surface area contributed by atoms with Gasteiger partial charge in [-0.1, -0.05) is 59.6 Å². The van der Waals surface area contributed by atoms with Crippen LogP contribution in [-0.2, 0) is 13.1 Å². The van der Waals surface area contributed by atoms with Gasteiger partial charge in [0.05, 0.1) is 22.6 Å². The molecule has 0 radical (unpaired) electrons. The summed E-state index contributed by atoms with van der Waals surface area (Å²) in [6.07, 6.45) is 0. The molecule has 1 N–H and O–H groups in total. The minimum absolute atomic E-state index is 0.167. The van der Waals surface area contributed by atoms with E-state index in [9.17, 15) is 9.59 Å². The molecule has 2 heterocycles. The van der Waals surface area contributed by atoms with E-state index < -0.39 is 0 Å². The van der Waals surface area contributed by atoms with Gasteiger partial charge < -0.3 is 10.2 Å². The minimum Gasteiger partial charge on any atom is -0.344 e. The summed E-state index contributed by atoms with van der Waals surface area (Å²) in [4.78, 5) is 27.3. The van der Waals surface area contributed by atoms with E-state index in [0.717, 1.165) is 11.1 Å². The van der Waals surface area contributed by atoms with E-state index >= 15 is 0 Å². The fraction of sp³-hybridized carbons (Fsp3) is 0.227. The number of nitrogens with zero attached hydrogens (tertiary/aromatic N) is 3. The van der Waals surface area contributed by atoms with E-state index in [1.54, 1.807) is 27.8 Å². The number of hydrogen-bond acceptors (Lipinski definition) is 3. The molecule has 0 aliphatic carbocycles. The van der Waals surface area contributed by atoms with Crippen LogP contribution in [-0.4, -0.2) is 33.0 Å². The van der Waals surface area contributed by atoms with Gasteiger partial charge in [-0.2, -0.15) is 5.10 Å². The fourth-order valence-electron chi connectivity index (χ4n) is 3.45. The largest absolute Gasteiger partial charge is 0.344 e. The molecular formula is C22H20Cl2N4O2. The Bertz CT molecular complexity index is 1100. The molecule has 8 heteroatoms. The van der Waals surface area contributed by atoms with Crippen LogP contribution < -0.4 is 5.32 Å². The molecule has 3 aromatic rings. The van der Waals surface area contributed by atoms with Crippen LogP contribution in [0.5, 0.6) is 0 Å². The molecule has 0 saturated carbocycles. The van der Waals surface area contributed by atoms with Gasteiger partial charge in [-0.25, -0.2) is 0 Å². The van der Waals surface area contributed by atoms with Crippen molar-refractivity contribution in [1.82, 2.24) is 20.0 Å². The van der Waals surface area contributed by atoms with E-state index in [1.807, 2.05) is 43.3 Å². The number of fused-ring (bicyclic) bond motifs is 1. The lowest BCUT2D eigenvalue weighted by Gasteiger charge is -2.27. The first-order chi connectivity index (χ1) is 14.4. The third-order valence-electron chi connectivity index (χ3n) is 5.11. The molecule has 30 heavy (non-hydrogen) atoms. The number of halogens is 2. The highest BCUT2D eigenvalue weighted by Crippen LogP contribution is 2.24. The first-order valence-corrected chi connectivity index (χ1v) is 10.3. The van der Waals surface area contributed by atoms with Crippen molar-refractivity contribution in [1.29, 1.82) is 0 Å². The van der Waals surface area contributed by atoms with E-state index in [-0.39, 0.29) is 23.6 Å². The first-order valence-electron chi connectivity index (χ1n) is 9.59. The number of nitrogens with one attached hydrogen (secondary N) is 1. The Balaban J connectivity index is 1.47. The Morgan fingerprint density at radius 1 is 1.10 bits per heavy atom. The first kappa shape index (κ1) is 20.4. The summed E-state index contributed by atoms with van der Waals surface area (Å²) >= 11 is 12.0. The molecule has 0 saturated heterocycles. The molecule has 1 aliphatic heterocycles. The van der Waals surface area contributed by atoms with Crippen LogP contribution in [0.4, 0.5) is 0 Å². The highest BCUT2D eigenvalue weighted by Gasteiger charge is 2.28. The summed E-state index contributed by atoms with van der Waals surface area (Å²) in [5, 5.41) is 8.20. The maximum atomic E-state index is 12.9. The lowest BCUT2D eigenvalue weighted by molar-refractivity contribution is 0.0683. The number of carbonyl (C=O) groups is 2. The van der Waals surface area contributed by atoms with Crippen molar-refractivity contribution >= 4 is 35.0 Å². The maximum Gasteiger partial charge on any atom is 0.272 e. The number of hydrogen-bond donors (Lipinski definition) is 1. The second-order valence-corrected chi connectivity index (χ2v) is 8.03. The van der Waals surface area contributed by atoms with Crippen LogP contribution in [0.25, 0.3) is 0 Å². The van der Waals surface area contributed by atoms with Gasteiger partial charge in [0.15, 0.2) is 5.69 Å². The molecule has 6 nitrogen and oxygen atoms in total. The standard InChI is InChI=1S/C22H20Cl2N4O2/c1-14(16-5-3-2-4-6-16)25-21(29)19-12-20-22(30)27(9-10-28(20)26-19)13-15-7-8-17(23)18(24)11-15/h2-8,11-12,14H,9-10,13H2,1H3,(H,25,29)/t14-/m1/s1. The zero-order chi connectivity index (χ0) is 21.3. The quantitative estimate of drug-likeness (QED) is 0.638. The lowest BCUT2D eigenvalue weighted by atomic mass is 10.1. The van der Waals surface area contributed by atoms with Gasteiger partial charge in [0, 0.05) is 19.2 Å². The Morgan fingerprint density at radius 3 is 2.60 bits per heavy atom. The SMILES string of the molecule is C[C@@H](NC(=O)c1cc2n(n1)CCN(Cc1ccc(Cl)c(Cl)c1)C2=O)c1ccccc1. The third-order valence-corrected chi connectivity index (χ3v) is 5.84. The second-order valence-electron chi connectivity index (χ2n) is 7.22. The second kappa shape index (κ2) is 8.50. The average Bonchev–Trinajstić information content (AvgIpc) is 3.19.